The highest BCUT2D eigenvalue weighted by molar-refractivity contribution is 5.77. The average molecular weight is 407 g/mol. The summed E-state index contributed by atoms with van der Waals surface area (Å²) in [4.78, 5) is 30.5. The van der Waals surface area contributed by atoms with E-state index in [2.05, 4.69) is 24.8 Å². The lowest BCUT2D eigenvalue weighted by atomic mass is 9.49. The van der Waals surface area contributed by atoms with Crippen LogP contribution in [0, 0.1) is 23.2 Å². The molecule has 3 heterocycles. The van der Waals surface area contributed by atoms with E-state index in [1.807, 2.05) is 16.8 Å². The maximum Gasteiger partial charge on any atom is 0.223 e. The molecule has 0 N–H and O–H groups in total. The fourth-order valence-corrected chi connectivity index (χ4v) is 7.17. The second-order valence-corrected chi connectivity index (χ2v) is 10.2. The normalized spacial score (nSPS) is 32.6. The van der Waals surface area contributed by atoms with Crippen molar-refractivity contribution in [2.24, 2.45) is 23.2 Å². The zero-order chi connectivity index (χ0) is 20.1. The highest BCUT2D eigenvalue weighted by Gasteiger charge is 2.51. The molecule has 7 heteroatoms. The number of rotatable bonds is 4. The van der Waals surface area contributed by atoms with Crippen molar-refractivity contribution >= 4 is 11.7 Å². The van der Waals surface area contributed by atoms with E-state index in [-0.39, 0.29) is 0 Å². The number of imidazole rings is 1. The van der Waals surface area contributed by atoms with Crippen molar-refractivity contribution in [3.8, 4) is 5.82 Å². The Balaban J connectivity index is 1.09. The molecule has 2 aromatic rings. The van der Waals surface area contributed by atoms with Gasteiger partial charge in [-0.15, -0.1) is 0 Å². The zero-order valence-corrected chi connectivity index (χ0v) is 17.5. The van der Waals surface area contributed by atoms with Gasteiger partial charge in [0, 0.05) is 51.1 Å². The second kappa shape index (κ2) is 7.06. The smallest absolute Gasteiger partial charge is 0.223 e. The number of hydrogen-bond donors (Lipinski definition) is 0. The SMILES string of the molecule is O=C(CC12CC3CC(CC(C3)C1)C2)N1CCN(c2cc(-n3ccnc3)ncn2)CC1. The first-order chi connectivity index (χ1) is 14.7. The Kier molecular flexibility index (Phi) is 4.32. The molecule has 1 aliphatic heterocycles. The summed E-state index contributed by atoms with van der Waals surface area (Å²) >= 11 is 0. The molecule has 7 nitrogen and oxygen atoms in total. The molecule has 2 aromatic heterocycles. The van der Waals surface area contributed by atoms with Crippen LogP contribution in [0.1, 0.15) is 44.9 Å². The van der Waals surface area contributed by atoms with Crippen LogP contribution in [0.4, 0.5) is 5.82 Å². The van der Waals surface area contributed by atoms with Crippen LogP contribution < -0.4 is 4.90 Å². The van der Waals surface area contributed by atoms with Gasteiger partial charge < -0.3 is 9.80 Å². The number of amides is 1. The van der Waals surface area contributed by atoms with E-state index in [4.69, 9.17) is 0 Å². The summed E-state index contributed by atoms with van der Waals surface area (Å²) in [6, 6.07) is 1.99. The summed E-state index contributed by atoms with van der Waals surface area (Å²) in [5.74, 6) is 4.84. The first-order valence-electron chi connectivity index (χ1n) is 11.5. The lowest BCUT2D eigenvalue weighted by Gasteiger charge is -2.57. The predicted molar refractivity (Wildman–Crippen MR) is 113 cm³/mol. The lowest BCUT2D eigenvalue weighted by molar-refractivity contribution is -0.139. The molecule has 5 aliphatic rings. The van der Waals surface area contributed by atoms with Crippen molar-refractivity contribution in [1.29, 1.82) is 0 Å². The van der Waals surface area contributed by atoms with Gasteiger partial charge in [0.2, 0.25) is 5.91 Å². The van der Waals surface area contributed by atoms with Crippen LogP contribution in [-0.4, -0.2) is 56.5 Å². The van der Waals surface area contributed by atoms with E-state index >= 15 is 0 Å². The number of carbonyl (C=O) groups is 1. The van der Waals surface area contributed by atoms with Crippen molar-refractivity contribution in [2.45, 2.75) is 44.9 Å². The Hall–Kier alpha value is -2.44. The molecule has 0 spiro atoms. The maximum atomic E-state index is 13.2. The number of carbonyl (C=O) groups excluding carboxylic acids is 1. The summed E-state index contributed by atoms with van der Waals surface area (Å²) in [6.45, 7) is 3.23. The van der Waals surface area contributed by atoms with Gasteiger partial charge in [-0.3, -0.25) is 9.36 Å². The Morgan fingerprint density at radius 1 is 0.967 bits per heavy atom. The standard InChI is InChI=1S/C23H30N6O/c30-22(14-23-11-17-7-18(12-23)9-19(8-17)13-23)28-5-3-27(4-6-28)20-10-21(26-15-25-20)29-2-1-24-16-29/h1-2,10,15-19H,3-9,11-14H2. The van der Waals surface area contributed by atoms with Crippen LogP contribution >= 0.6 is 0 Å². The highest BCUT2D eigenvalue weighted by Crippen LogP contribution is 2.61. The third kappa shape index (κ3) is 3.28. The Morgan fingerprint density at radius 2 is 1.63 bits per heavy atom. The second-order valence-electron chi connectivity index (χ2n) is 10.2. The van der Waals surface area contributed by atoms with Gasteiger partial charge >= 0.3 is 0 Å². The number of anilines is 1. The minimum atomic E-state index is 0.329. The Labute approximate surface area is 177 Å². The van der Waals surface area contributed by atoms with Gasteiger partial charge in [-0.1, -0.05) is 0 Å². The summed E-state index contributed by atoms with van der Waals surface area (Å²) in [6.07, 6.45) is 16.0. The van der Waals surface area contributed by atoms with Gasteiger partial charge in [0.15, 0.2) is 0 Å². The van der Waals surface area contributed by atoms with Crippen LogP contribution in [0.5, 0.6) is 0 Å². The average Bonchev–Trinajstić information content (AvgIpc) is 3.28. The van der Waals surface area contributed by atoms with E-state index in [0.29, 0.717) is 11.3 Å². The van der Waals surface area contributed by atoms with E-state index in [1.165, 1.54) is 38.5 Å². The van der Waals surface area contributed by atoms with Crippen molar-refractivity contribution < 1.29 is 4.79 Å². The van der Waals surface area contributed by atoms with Crippen molar-refractivity contribution in [1.82, 2.24) is 24.4 Å². The summed E-state index contributed by atoms with van der Waals surface area (Å²) in [5, 5.41) is 0. The van der Waals surface area contributed by atoms with Crippen LogP contribution in [-0.2, 0) is 4.79 Å². The summed E-state index contributed by atoms with van der Waals surface area (Å²) in [5.41, 5.74) is 0.329. The Bertz CT molecular complexity index is 882. The molecule has 0 aromatic carbocycles. The molecule has 1 saturated heterocycles. The molecular weight excluding hydrogens is 376 g/mol. The van der Waals surface area contributed by atoms with Gasteiger partial charge in [-0.25, -0.2) is 15.0 Å². The van der Waals surface area contributed by atoms with E-state index in [9.17, 15) is 4.79 Å². The molecule has 0 radical (unpaired) electrons. The molecule has 0 unspecified atom stereocenters. The molecule has 7 rings (SSSR count). The number of aromatic nitrogens is 4. The van der Waals surface area contributed by atoms with Crippen LogP contribution in [0.25, 0.3) is 5.82 Å². The minimum absolute atomic E-state index is 0.329. The topological polar surface area (TPSA) is 67.2 Å². The van der Waals surface area contributed by atoms with E-state index < -0.39 is 0 Å². The number of piperazine rings is 1. The monoisotopic (exact) mass is 406 g/mol. The molecular formula is C23H30N6O. The van der Waals surface area contributed by atoms with Crippen LogP contribution in [0.15, 0.2) is 31.1 Å². The molecule has 4 bridgehead atoms. The third-order valence-corrected chi connectivity index (χ3v) is 8.05. The number of hydrogen-bond acceptors (Lipinski definition) is 5. The third-order valence-electron chi connectivity index (χ3n) is 8.05. The summed E-state index contributed by atoms with van der Waals surface area (Å²) in [7, 11) is 0. The van der Waals surface area contributed by atoms with Gasteiger partial charge in [-0.05, 0) is 61.7 Å². The highest BCUT2D eigenvalue weighted by atomic mass is 16.2. The molecule has 4 saturated carbocycles. The van der Waals surface area contributed by atoms with Gasteiger partial charge in [-0.2, -0.15) is 0 Å². The fourth-order valence-electron chi connectivity index (χ4n) is 7.17. The molecule has 30 heavy (non-hydrogen) atoms. The predicted octanol–water partition coefficient (Wildman–Crippen LogP) is 2.92. The molecule has 1 amide bonds. The maximum absolute atomic E-state index is 13.2. The number of nitrogens with zero attached hydrogens (tertiary/aromatic N) is 6. The Morgan fingerprint density at radius 3 is 2.27 bits per heavy atom. The lowest BCUT2D eigenvalue weighted by Crippen LogP contribution is -2.52. The zero-order valence-electron chi connectivity index (χ0n) is 17.5. The van der Waals surface area contributed by atoms with Crippen LogP contribution in [0.3, 0.4) is 0 Å². The van der Waals surface area contributed by atoms with Crippen molar-refractivity contribution in [2.75, 3.05) is 31.1 Å². The minimum Gasteiger partial charge on any atom is -0.353 e. The quantitative estimate of drug-likeness (QED) is 0.781. The van der Waals surface area contributed by atoms with Gasteiger partial charge in [0.05, 0.1) is 0 Å². The molecule has 158 valence electrons. The first kappa shape index (κ1) is 18.3. The van der Waals surface area contributed by atoms with Crippen molar-refractivity contribution in [3.05, 3.63) is 31.1 Å². The summed E-state index contributed by atoms with van der Waals surface area (Å²) < 4.78 is 1.89. The van der Waals surface area contributed by atoms with Crippen molar-refractivity contribution in [3.63, 3.8) is 0 Å². The van der Waals surface area contributed by atoms with E-state index in [0.717, 1.165) is 62.0 Å². The largest absolute Gasteiger partial charge is 0.353 e. The molecule has 0 atom stereocenters. The molecule has 5 fully saturated rings. The van der Waals surface area contributed by atoms with Crippen LogP contribution in [0.2, 0.25) is 0 Å². The first-order valence-corrected chi connectivity index (χ1v) is 11.5. The van der Waals surface area contributed by atoms with Gasteiger partial charge in [0.25, 0.3) is 0 Å². The fraction of sp³-hybridized carbons (Fsp3) is 0.652. The van der Waals surface area contributed by atoms with E-state index in [1.54, 1.807) is 18.9 Å². The van der Waals surface area contributed by atoms with Gasteiger partial charge in [0.1, 0.15) is 24.3 Å². The molecule has 4 aliphatic carbocycles.